The fourth-order valence-electron chi connectivity index (χ4n) is 2.53. The molecule has 1 amide bonds. The van der Waals surface area contributed by atoms with E-state index in [1.54, 1.807) is 0 Å². The molecular formula is C15H21N3O3. The van der Waals surface area contributed by atoms with Crippen LogP contribution in [0.2, 0.25) is 0 Å². The molecule has 0 bridgehead atoms. The Morgan fingerprint density at radius 1 is 1.43 bits per heavy atom. The Hall–Kier alpha value is -1.95. The van der Waals surface area contributed by atoms with E-state index in [2.05, 4.69) is 22.1 Å². The van der Waals surface area contributed by atoms with Gasteiger partial charge in [-0.25, -0.2) is 9.78 Å². The highest BCUT2D eigenvalue weighted by molar-refractivity contribution is 5.96. The van der Waals surface area contributed by atoms with Crippen LogP contribution in [0.5, 0.6) is 0 Å². The Labute approximate surface area is 124 Å². The summed E-state index contributed by atoms with van der Waals surface area (Å²) >= 11 is 0. The standard InChI is InChI=1S/C15H21N3O3/c1-11(10-18-6-2-3-7-18)9-17-14(19)12-4-5-16-13(8-12)15(20)21/h4-5,8,11H,2-3,6-7,9-10H2,1H3,(H,17,19)(H,20,21). The van der Waals surface area contributed by atoms with Gasteiger partial charge < -0.3 is 15.3 Å². The molecule has 0 radical (unpaired) electrons. The van der Waals surface area contributed by atoms with Crippen LogP contribution in [0.3, 0.4) is 0 Å². The smallest absolute Gasteiger partial charge is 0.354 e. The summed E-state index contributed by atoms with van der Waals surface area (Å²) in [7, 11) is 0. The number of rotatable bonds is 6. The molecular weight excluding hydrogens is 270 g/mol. The van der Waals surface area contributed by atoms with E-state index in [1.165, 1.54) is 31.2 Å². The van der Waals surface area contributed by atoms with Crippen molar-refractivity contribution < 1.29 is 14.7 Å². The van der Waals surface area contributed by atoms with Crippen LogP contribution in [0, 0.1) is 5.92 Å². The molecule has 0 saturated carbocycles. The minimum Gasteiger partial charge on any atom is -0.477 e. The third kappa shape index (κ3) is 4.53. The summed E-state index contributed by atoms with van der Waals surface area (Å²) in [5.74, 6) is -1.02. The Kier molecular flexibility index (Phi) is 5.27. The SMILES string of the molecule is CC(CNC(=O)c1ccnc(C(=O)O)c1)CN1CCCC1. The van der Waals surface area contributed by atoms with Crippen LogP contribution in [0.4, 0.5) is 0 Å². The number of pyridine rings is 1. The number of carbonyl (C=O) groups excluding carboxylic acids is 1. The molecule has 6 heteroatoms. The molecule has 2 heterocycles. The first-order valence-corrected chi connectivity index (χ1v) is 7.26. The van der Waals surface area contributed by atoms with Gasteiger partial charge in [0, 0.05) is 24.8 Å². The van der Waals surface area contributed by atoms with Crippen molar-refractivity contribution in [3.05, 3.63) is 29.6 Å². The monoisotopic (exact) mass is 291 g/mol. The van der Waals surface area contributed by atoms with Crippen molar-refractivity contribution in [2.24, 2.45) is 5.92 Å². The van der Waals surface area contributed by atoms with Gasteiger partial charge in [0.25, 0.3) is 5.91 Å². The first kappa shape index (κ1) is 15.4. The number of carbonyl (C=O) groups is 2. The predicted molar refractivity (Wildman–Crippen MR) is 78.4 cm³/mol. The molecule has 2 N–H and O–H groups in total. The minimum atomic E-state index is -1.13. The van der Waals surface area contributed by atoms with Crippen molar-refractivity contribution >= 4 is 11.9 Å². The van der Waals surface area contributed by atoms with Crippen LogP contribution in [0.25, 0.3) is 0 Å². The molecule has 1 fully saturated rings. The quantitative estimate of drug-likeness (QED) is 0.824. The first-order valence-electron chi connectivity index (χ1n) is 7.26. The van der Waals surface area contributed by atoms with E-state index >= 15 is 0 Å². The van der Waals surface area contributed by atoms with Crippen LogP contribution >= 0.6 is 0 Å². The van der Waals surface area contributed by atoms with Gasteiger partial charge in [-0.15, -0.1) is 0 Å². The van der Waals surface area contributed by atoms with E-state index in [1.807, 2.05) is 0 Å². The maximum Gasteiger partial charge on any atom is 0.354 e. The van der Waals surface area contributed by atoms with E-state index in [4.69, 9.17) is 5.11 Å². The van der Waals surface area contributed by atoms with Crippen LogP contribution < -0.4 is 5.32 Å². The number of aromatic carboxylic acids is 1. The first-order chi connectivity index (χ1) is 10.1. The largest absolute Gasteiger partial charge is 0.477 e. The highest BCUT2D eigenvalue weighted by Crippen LogP contribution is 2.10. The molecule has 0 aromatic carbocycles. The van der Waals surface area contributed by atoms with Gasteiger partial charge in [-0.05, 0) is 44.0 Å². The zero-order valence-corrected chi connectivity index (χ0v) is 12.2. The maximum absolute atomic E-state index is 12.0. The van der Waals surface area contributed by atoms with E-state index in [0.29, 0.717) is 18.0 Å². The van der Waals surface area contributed by atoms with Crippen LogP contribution in [-0.4, -0.2) is 53.0 Å². The second kappa shape index (κ2) is 7.17. The summed E-state index contributed by atoms with van der Waals surface area (Å²) in [4.78, 5) is 29.0. The van der Waals surface area contributed by atoms with E-state index in [9.17, 15) is 9.59 Å². The van der Waals surface area contributed by atoms with Crippen LogP contribution in [-0.2, 0) is 0 Å². The highest BCUT2D eigenvalue weighted by Gasteiger charge is 2.16. The van der Waals surface area contributed by atoms with Gasteiger partial charge >= 0.3 is 5.97 Å². The Morgan fingerprint density at radius 3 is 2.81 bits per heavy atom. The summed E-state index contributed by atoms with van der Waals surface area (Å²) in [6.07, 6.45) is 3.86. The fraction of sp³-hybridized carbons (Fsp3) is 0.533. The van der Waals surface area contributed by atoms with Crippen LogP contribution in [0.15, 0.2) is 18.3 Å². The van der Waals surface area contributed by atoms with Gasteiger partial charge in [0.2, 0.25) is 0 Å². The lowest BCUT2D eigenvalue weighted by atomic mass is 10.1. The van der Waals surface area contributed by atoms with E-state index in [-0.39, 0.29) is 11.6 Å². The Morgan fingerprint density at radius 2 is 2.14 bits per heavy atom. The zero-order chi connectivity index (χ0) is 15.2. The van der Waals surface area contributed by atoms with Crippen molar-refractivity contribution in [1.82, 2.24) is 15.2 Å². The van der Waals surface area contributed by atoms with Crippen molar-refractivity contribution in [3.8, 4) is 0 Å². The molecule has 2 rings (SSSR count). The number of aromatic nitrogens is 1. The number of hydrogen-bond donors (Lipinski definition) is 2. The molecule has 1 atom stereocenters. The zero-order valence-electron chi connectivity index (χ0n) is 12.2. The van der Waals surface area contributed by atoms with Gasteiger partial charge in [-0.1, -0.05) is 6.92 Å². The summed E-state index contributed by atoms with van der Waals surface area (Å²) in [5, 5.41) is 11.7. The minimum absolute atomic E-state index is 0.118. The molecule has 0 aliphatic carbocycles. The van der Waals surface area contributed by atoms with Gasteiger partial charge in [0.05, 0.1) is 0 Å². The summed E-state index contributed by atoms with van der Waals surface area (Å²) < 4.78 is 0. The second-order valence-electron chi connectivity index (χ2n) is 5.56. The second-order valence-corrected chi connectivity index (χ2v) is 5.56. The fourth-order valence-corrected chi connectivity index (χ4v) is 2.53. The summed E-state index contributed by atoms with van der Waals surface area (Å²) in [6, 6.07) is 2.82. The normalized spacial score (nSPS) is 16.6. The van der Waals surface area contributed by atoms with Gasteiger partial charge in [-0.3, -0.25) is 4.79 Å². The van der Waals surface area contributed by atoms with Gasteiger partial charge in [0.1, 0.15) is 5.69 Å². The average Bonchev–Trinajstić information content (AvgIpc) is 2.97. The van der Waals surface area contributed by atoms with Crippen molar-refractivity contribution in [2.75, 3.05) is 26.2 Å². The molecule has 1 aliphatic heterocycles. The molecule has 114 valence electrons. The molecule has 6 nitrogen and oxygen atoms in total. The number of amides is 1. The van der Waals surface area contributed by atoms with Crippen molar-refractivity contribution in [1.29, 1.82) is 0 Å². The number of carboxylic acids is 1. The molecule has 1 aromatic heterocycles. The van der Waals surface area contributed by atoms with Gasteiger partial charge in [0.15, 0.2) is 0 Å². The van der Waals surface area contributed by atoms with Crippen molar-refractivity contribution in [3.63, 3.8) is 0 Å². The number of nitrogens with one attached hydrogen (secondary N) is 1. The van der Waals surface area contributed by atoms with Gasteiger partial charge in [-0.2, -0.15) is 0 Å². The molecule has 21 heavy (non-hydrogen) atoms. The summed E-state index contributed by atoms with van der Waals surface area (Å²) in [5.41, 5.74) is 0.212. The molecule has 1 aliphatic rings. The average molecular weight is 291 g/mol. The third-order valence-corrected chi connectivity index (χ3v) is 3.62. The number of likely N-dealkylation sites (tertiary alicyclic amines) is 1. The highest BCUT2D eigenvalue weighted by atomic mass is 16.4. The Balaban J connectivity index is 1.83. The summed E-state index contributed by atoms with van der Waals surface area (Å²) in [6.45, 7) is 5.96. The predicted octanol–water partition coefficient (Wildman–Crippen LogP) is 1.24. The lowest BCUT2D eigenvalue weighted by Gasteiger charge is -2.20. The third-order valence-electron chi connectivity index (χ3n) is 3.62. The van der Waals surface area contributed by atoms with Crippen LogP contribution in [0.1, 0.15) is 40.6 Å². The van der Waals surface area contributed by atoms with Crippen molar-refractivity contribution in [2.45, 2.75) is 19.8 Å². The molecule has 1 unspecified atom stereocenters. The van der Waals surface area contributed by atoms with E-state index < -0.39 is 5.97 Å². The Bertz CT molecular complexity index is 513. The molecule has 1 aromatic rings. The number of nitrogens with zero attached hydrogens (tertiary/aromatic N) is 2. The number of carboxylic acid groups (broad SMARTS) is 1. The number of hydrogen-bond acceptors (Lipinski definition) is 4. The lowest BCUT2D eigenvalue weighted by Crippen LogP contribution is -2.34. The van der Waals surface area contributed by atoms with E-state index in [0.717, 1.165) is 19.6 Å². The topological polar surface area (TPSA) is 82.5 Å². The maximum atomic E-state index is 12.0. The molecule has 0 spiro atoms. The lowest BCUT2D eigenvalue weighted by molar-refractivity contribution is 0.0690. The molecule has 1 saturated heterocycles.